The summed E-state index contributed by atoms with van der Waals surface area (Å²) in [5.41, 5.74) is 0. The molecule has 0 aliphatic carbocycles. The van der Waals surface area contributed by atoms with Crippen LogP contribution < -0.4 is 4.90 Å². The fraction of sp³-hybridized carbons (Fsp3) is 0.615. The molecule has 0 unspecified atom stereocenters. The molecule has 0 bridgehead atoms. The van der Waals surface area contributed by atoms with Gasteiger partial charge in [0.1, 0.15) is 0 Å². The van der Waals surface area contributed by atoms with Crippen molar-refractivity contribution >= 4 is 22.6 Å². The third kappa shape index (κ3) is 5.16. The van der Waals surface area contributed by atoms with Crippen molar-refractivity contribution in [3.05, 3.63) is 17.0 Å². The van der Waals surface area contributed by atoms with E-state index in [9.17, 15) is 4.79 Å². The van der Waals surface area contributed by atoms with Crippen LogP contribution in [-0.4, -0.2) is 45.8 Å². The highest BCUT2D eigenvalue weighted by molar-refractivity contribution is 7.17. The van der Waals surface area contributed by atoms with Gasteiger partial charge < -0.3 is 14.4 Å². The Balaban J connectivity index is 2.54. The van der Waals surface area contributed by atoms with Crippen molar-refractivity contribution in [3.63, 3.8) is 0 Å². The topological polar surface area (TPSA) is 38.8 Å². The van der Waals surface area contributed by atoms with E-state index in [0.717, 1.165) is 42.5 Å². The number of nitrogens with zero attached hydrogens (tertiary/aromatic N) is 1. The van der Waals surface area contributed by atoms with E-state index in [-0.39, 0.29) is 0 Å². The molecule has 5 heteroatoms. The third-order valence-corrected chi connectivity index (χ3v) is 3.53. The lowest BCUT2D eigenvalue weighted by Crippen LogP contribution is -2.30. The molecular formula is C13H21NO3S. The molecule has 0 aliphatic heterocycles. The molecular weight excluding hydrogens is 250 g/mol. The van der Waals surface area contributed by atoms with E-state index in [1.54, 1.807) is 0 Å². The summed E-state index contributed by atoms with van der Waals surface area (Å²) in [7, 11) is 0. The van der Waals surface area contributed by atoms with Crippen LogP contribution in [0.2, 0.25) is 0 Å². The predicted octanol–water partition coefficient (Wildman–Crippen LogP) is 2.44. The molecule has 0 N–H and O–H groups in total. The highest BCUT2D eigenvalue weighted by atomic mass is 32.1. The molecule has 0 fully saturated rings. The highest BCUT2D eigenvalue weighted by Crippen LogP contribution is 2.24. The van der Waals surface area contributed by atoms with Crippen molar-refractivity contribution in [1.29, 1.82) is 0 Å². The number of hydrogen-bond donors (Lipinski definition) is 0. The first-order valence-electron chi connectivity index (χ1n) is 6.27. The van der Waals surface area contributed by atoms with Gasteiger partial charge in [0.25, 0.3) is 0 Å². The number of rotatable bonds is 10. The number of thiophene rings is 1. The Morgan fingerprint density at radius 2 is 1.78 bits per heavy atom. The number of carbonyl (C=O) groups excluding carboxylic acids is 1. The number of hydrogen-bond acceptors (Lipinski definition) is 5. The summed E-state index contributed by atoms with van der Waals surface area (Å²) in [5, 5.41) is 1.09. The molecule has 1 rings (SSSR count). The summed E-state index contributed by atoms with van der Waals surface area (Å²) in [6.45, 7) is 8.44. The van der Waals surface area contributed by atoms with Gasteiger partial charge in [-0.05, 0) is 26.0 Å². The predicted molar refractivity (Wildman–Crippen MR) is 74.9 cm³/mol. The second-order valence-electron chi connectivity index (χ2n) is 3.67. The zero-order chi connectivity index (χ0) is 13.2. The van der Waals surface area contributed by atoms with Crippen molar-refractivity contribution in [3.8, 4) is 0 Å². The molecule has 1 aromatic rings. The average Bonchev–Trinajstić information content (AvgIpc) is 2.86. The highest BCUT2D eigenvalue weighted by Gasteiger charge is 2.09. The van der Waals surface area contributed by atoms with E-state index in [1.165, 1.54) is 11.3 Å². The lowest BCUT2D eigenvalue weighted by atomic mass is 10.4. The van der Waals surface area contributed by atoms with Crippen LogP contribution in [0.25, 0.3) is 0 Å². The molecule has 0 aliphatic rings. The van der Waals surface area contributed by atoms with Gasteiger partial charge in [0.15, 0.2) is 6.29 Å². The largest absolute Gasteiger partial charge is 0.380 e. The quantitative estimate of drug-likeness (QED) is 0.484. The molecule has 0 radical (unpaired) electrons. The Labute approximate surface area is 113 Å². The summed E-state index contributed by atoms with van der Waals surface area (Å²) in [4.78, 5) is 13.7. The SMILES string of the molecule is CCOCCN(CCOCC)c1ccc(C=O)s1. The Bertz CT molecular complexity index is 331. The van der Waals surface area contributed by atoms with Crippen LogP contribution in [0.1, 0.15) is 23.5 Å². The van der Waals surface area contributed by atoms with Crippen LogP contribution in [0.4, 0.5) is 5.00 Å². The van der Waals surface area contributed by atoms with Gasteiger partial charge in [-0.25, -0.2) is 0 Å². The van der Waals surface area contributed by atoms with Crippen molar-refractivity contribution in [1.82, 2.24) is 0 Å². The van der Waals surface area contributed by atoms with E-state index in [1.807, 2.05) is 26.0 Å². The Kier molecular flexibility index (Phi) is 7.64. The Morgan fingerprint density at radius 3 is 2.22 bits per heavy atom. The van der Waals surface area contributed by atoms with Crippen molar-refractivity contribution in [2.24, 2.45) is 0 Å². The van der Waals surface area contributed by atoms with Gasteiger partial charge in [0.05, 0.1) is 23.1 Å². The summed E-state index contributed by atoms with van der Waals surface area (Å²) < 4.78 is 10.8. The van der Waals surface area contributed by atoms with Crippen molar-refractivity contribution in [2.45, 2.75) is 13.8 Å². The van der Waals surface area contributed by atoms with Crippen LogP contribution in [-0.2, 0) is 9.47 Å². The summed E-state index contributed by atoms with van der Waals surface area (Å²) >= 11 is 1.50. The standard InChI is InChI=1S/C13H21NO3S/c1-3-16-9-7-14(8-10-17-4-2)13-6-5-12(11-15)18-13/h5-6,11H,3-4,7-10H2,1-2H3. The molecule has 0 saturated heterocycles. The fourth-order valence-corrected chi connectivity index (χ4v) is 2.42. The van der Waals surface area contributed by atoms with Gasteiger partial charge in [-0.3, -0.25) is 4.79 Å². The molecule has 0 saturated carbocycles. The van der Waals surface area contributed by atoms with Gasteiger partial charge >= 0.3 is 0 Å². The first-order chi connectivity index (χ1) is 8.81. The molecule has 18 heavy (non-hydrogen) atoms. The molecule has 0 aromatic carbocycles. The summed E-state index contributed by atoms with van der Waals surface area (Å²) in [6.07, 6.45) is 0.886. The van der Waals surface area contributed by atoms with Gasteiger partial charge in [0, 0.05) is 26.3 Å². The van der Waals surface area contributed by atoms with E-state index in [4.69, 9.17) is 9.47 Å². The minimum atomic E-state index is 0.691. The monoisotopic (exact) mass is 271 g/mol. The summed E-state index contributed by atoms with van der Waals surface area (Å²) in [6, 6.07) is 3.83. The second kappa shape index (κ2) is 9.08. The van der Waals surface area contributed by atoms with Gasteiger partial charge in [-0.2, -0.15) is 0 Å². The first-order valence-corrected chi connectivity index (χ1v) is 7.08. The van der Waals surface area contributed by atoms with Crippen molar-refractivity contribution in [2.75, 3.05) is 44.4 Å². The molecule has 0 spiro atoms. The zero-order valence-corrected chi connectivity index (χ0v) is 11.9. The lowest BCUT2D eigenvalue weighted by Gasteiger charge is -2.22. The number of ether oxygens (including phenoxy) is 2. The molecule has 0 amide bonds. The molecule has 1 aromatic heterocycles. The van der Waals surface area contributed by atoms with E-state index >= 15 is 0 Å². The summed E-state index contributed by atoms with van der Waals surface area (Å²) in [5.74, 6) is 0. The number of carbonyl (C=O) groups is 1. The molecule has 4 nitrogen and oxygen atoms in total. The maximum Gasteiger partial charge on any atom is 0.160 e. The average molecular weight is 271 g/mol. The molecule has 1 heterocycles. The molecule has 0 atom stereocenters. The first kappa shape index (κ1) is 15.1. The molecule has 102 valence electrons. The Hall–Kier alpha value is -0.910. The maximum atomic E-state index is 10.7. The van der Waals surface area contributed by atoms with Crippen LogP contribution in [0.15, 0.2) is 12.1 Å². The minimum absolute atomic E-state index is 0.691. The van der Waals surface area contributed by atoms with Gasteiger partial charge in [-0.1, -0.05) is 0 Å². The normalized spacial score (nSPS) is 10.6. The third-order valence-electron chi connectivity index (χ3n) is 2.46. The minimum Gasteiger partial charge on any atom is -0.380 e. The fourth-order valence-electron chi connectivity index (χ4n) is 1.55. The van der Waals surface area contributed by atoms with Crippen LogP contribution in [0, 0.1) is 0 Å². The second-order valence-corrected chi connectivity index (χ2v) is 4.77. The van der Waals surface area contributed by atoms with E-state index in [2.05, 4.69) is 4.90 Å². The maximum absolute atomic E-state index is 10.7. The Morgan fingerprint density at radius 1 is 1.17 bits per heavy atom. The number of anilines is 1. The van der Waals surface area contributed by atoms with Crippen LogP contribution >= 0.6 is 11.3 Å². The van der Waals surface area contributed by atoms with E-state index in [0.29, 0.717) is 13.2 Å². The zero-order valence-electron chi connectivity index (χ0n) is 11.1. The smallest absolute Gasteiger partial charge is 0.160 e. The lowest BCUT2D eigenvalue weighted by molar-refractivity contribution is 0.112. The van der Waals surface area contributed by atoms with Crippen LogP contribution in [0.5, 0.6) is 0 Å². The van der Waals surface area contributed by atoms with Crippen LogP contribution in [0.3, 0.4) is 0 Å². The van der Waals surface area contributed by atoms with Gasteiger partial charge in [0.2, 0.25) is 0 Å². The van der Waals surface area contributed by atoms with Gasteiger partial charge in [-0.15, -0.1) is 11.3 Å². The van der Waals surface area contributed by atoms with Crippen molar-refractivity contribution < 1.29 is 14.3 Å². The number of aldehydes is 1. The van der Waals surface area contributed by atoms with E-state index < -0.39 is 0 Å².